The fraction of sp³-hybridized carbons (Fsp3) is 0.710. The van der Waals surface area contributed by atoms with E-state index in [1.54, 1.807) is 6.08 Å². The van der Waals surface area contributed by atoms with Crippen molar-refractivity contribution in [2.75, 3.05) is 39.6 Å². The average Bonchev–Trinajstić information content (AvgIpc) is 3.44. The van der Waals surface area contributed by atoms with Crippen LogP contribution in [0.4, 0.5) is 0 Å². The topological polar surface area (TPSA) is 237 Å². The third-order valence-electron chi connectivity index (χ3n) is 12.2. The Labute approximate surface area is 487 Å². The standard InChI is InChI=1S/C62H106O17P2/c1-5-9-13-17-21-24-27-30-33-36-40-43-47-60(65)72-52-57(78-61(66)48-44-38-20-16-12-8-4)54-76-80(68,69)74-50-56(63)51-75-81(70,71)77-55-58(53-73-59(64)46-42-39-35-32-29-26-23-19-15-11-7-3)79-62(67)49-45-41-37-34-31-28-25-22-18-14-10-6-2/h10,14,21-22,24-26,28-29,31,35,39,42,46,56-58,63H,5-9,11-13,15-20,23,27,30,32-34,36-38,40-41,43-45,47-55H2,1-4H3,(H,68,69)(H,70,71)/b14-10-,24-21+,25-22?,29-26+,31-28?,39-35-,46-42+/t56-,57+,58+/m0/s1. The van der Waals surface area contributed by atoms with Gasteiger partial charge in [-0.2, -0.15) is 0 Å². The van der Waals surface area contributed by atoms with Crippen molar-refractivity contribution in [2.45, 2.75) is 245 Å². The van der Waals surface area contributed by atoms with Crippen molar-refractivity contribution in [3.8, 4) is 0 Å². The minimum atomic E-state index is -4.98. The van der Waals surface area contributed by atoms with E-state index in [-0.39, 0.29) is 19.3 Å². The van der Waals surface area contributed by atoms with Gasteiger partial charge in [-0.25, -0.2) is 13.9 Å². The second kappa shape index (κ2) is 55.4. The van der Waals surface area contributed by atoms with Crippen molar-refractivity contribution in [1.82, 2.24) is 0 Å². The fourth-order valence-corrected chi connectivity index (χ4v) is 9.13. The van der Waals surface area contributed by atoms with Crippen LogP contribution in [0.15, 0.2) is 85.1 Å². The summed E-state index contributed by atoms with van der Waals surface area (Å²) in [6.45, 7) is 4.34. The summed E-state index contributed by atoms with van der Waals surface area (Å²) in [4.78, 5) is 71.6. The highest BCUT2D eigenvalue weighted by Gasteiger charge is 2.30. The maximum Gasteiger partial charge on any atom is 0.472 e. The lowest BCUT2D eigenvalue weighted by molar-refractivity contribution is -0.161. The molecule has 3 N–H and O–H groups in total. The molecule has 0 saturated carbocycles. The molecule has 0 aliphatic rings. The second-order valence-electron chi connectivity index (χ2n) is 20.0. The van der Waals surface area contributed by atoms with Gasteiger partial charge in [-0.15, -0.1) is 0 Å². The van der Waals surface area contributed by atoms with Crippen LogP contribution in [-0.4, -0.2) is 96.7 Å². The number of allylic oxidation sites excluding steroid dienone is 13. The van der Waals surface area contributed by atoms with E-state index in [4.69, 9.17) is 37.0 Å². The lowest BCUT2D eigenvalue weighted by Crippen LogP contribution is -2.30. The first-order chi connectivity index (χ1) is 39.2. The van der Waals surface area contributed by atoms with E-state index in [1.165, 1.54) is 50.7 Å². The van der Waals surface area contributed by atoms with Gasteiger partial charge in [-0.3, -0.25) is 32.5 Å². The first-order valence-corrected chi connectivity index (χ1v) is 33.4. The molecule has 81 heavy (non-hydrogen) atoms. The van der Waals surface area contributed by atoms with E-state index in [1.807, 2.05) is 18.2 Å². The Morgan fingerprint density at radius 2 is 0.765 bits per heavy atom. The molecule has 0 rings (SSSR count). The number of aliphatic hydroxyl groups is 1. The molecule has 17 nitrogen and oxygen atoms in total. The van der Waals surface area contributed by atoms with Crippen molar-refractivity contribution >= 4 is 39.5 Å². The van der Waals surface area contributed by atoms with Crippen LogP contribution >= 0.6 is 15.6 Å². The molecule has 0 aromatic carbocycles. The van der Waals surface area contributed by atoms with Gasteiger partial charge in [-0.05, 0) is 89.9 Å². The van der Waals surface area contributed by atoms with Crippen LogP contribution in [0.25, 0.3) is 0 Å². The summed E-state index contributed by atoms with van der Waals surface area (Å²) in [6.07, 6.45) is 50.5. The van der Waals surface area contributed by atoms with Crippen LogP contribution < -0.4 is 0 Å². The summed E-state index contributed by atoms with van der Waals surface area (Å²) in [5.74, 6) is -2.51. The highest BCUT2D eigenvalue weighted by Crippen LogP contribution is 2.45. The number of rotatable bonds is 56. The Balaban J connectivity index is 5.33. The van der Waals surface area contributed by atoms with E-state index in [9.17, 15) is 43.2 Å². The maximum absolute atomic E-state index is 12.9. The number of carbonyl (C=O) groups excluding carboxylic acids is 4. The minimum Gasteiger partial charge on any atom is -0.462 e. The molecule has 0 heterocycles. The van der Waals surface area contributed by atoms with Gasteiger partial charge in [-0.1, -0.05) is 197 Å². The summed E-state index contributed by atoms with van der Waals surface area (Å²) in [5.41, 5.74) is 0. The molecule has 2 unspecified atom stereocenters. The zero-order valence-corrected chi connectivity index (χ0v) is 51.7. The zero-order valence-electron chi connectivity index (χ0n) is 49.9. The molecular weight excluding hydrogens is 1080 g/mol. The summed E-state index contributed by atoms with van der Waals surface area (Å²) in [7, 11) is -9.94. The number of esters is 4. The normalized spacial score (nSPS) is 14.9. The zero-order chi connectivity index (χ0) is 59.8. The average molecular weight is 1190 g/mol. The predicted octanol–water partition coefficient (Wildman–Crippen LogP) is 15.6. The van der Waals surface area contributed by atoms with Gasteiger partial charge in [0.15, 0.2) is 12.2 Å². The van der Waals surface area contributed by atoms with E-state index in [0.29, 0.717) is 25.7 Å². The SMILES string of the molecule is CC/C=C\CC=CC=CCCCCCC(=O)O[C@H](COC(=O)/C=C/C=C\C/C=C/CCCCCC)COP(=O)(O)OC[C@@H](O)COP(=O)(O)OC[C@@H](COC(=O)CCCCCCC/C=C/CCCCC)OC(=O)CCCCCCCC. The first kappa shape index (κ1) is 77.2. The van der Waals surface area contributed by atoms with Crippen molar-refractivity contribution < 1.29 is 80.2 Å². The smallest absolute Gasteiger partial charge is 0.462 e. The molecule has 0 aliphatic carbocycles. The van der Waals surface area contributed by atoms with E-state index < -0.39 is 97.5 Å². The van der Waals surface area contributed by atoms with Gasteiger partial charge in [0.25, 0.3) is 0 Å². The number of hydrogen-bond acceptors (Lipinski definition) is 15. The van der Waals surface area contributed by atoms with Gasteiger partial charge in [0.2, 0.25) is 0 Å². The molecule has 0 saturated heterocycles. The highest BCUT2D eigenvalue weighted by molar-refractivity contribution is 7.47. The van der Waals surface area contributed by atoms with Crippen LogP contribution in [-0.2, 0) is 65.4 Å². The number of phosphoric acid groups is 2. The van der Waals surface area contributed by atoms with Gasteiger partial charge in [0.05, 0.1) is 26.4 Å². The van der Waals surface area contributed by atoms with Crippen LogP contribution in [0.2, 0.25) is 0 Å². The third-order valence-corrected chi connectivity index (χ3v) is 14.1. The van der Waals surface area contributed by atoms with Crippen LogP contribution in [0.3, 0.4) is 0 Å². The molecule has 0 aliphatic heterocycles. The number of hydrogen-bond donors (Lipinski definition) is 3. The highest BCUT2D eigenvalue weighted by atomic mass is 31.2. The monoisotopic (exact) mass is 1180 g/mol. The molecule has 0 fully saturated rings. The molecule has 19 heteroatoms. The molecule has 5 atom stereocenters. The number of aliphatic hydroxyl groups excluding tert-OH is 1. The van der Waals surface area contributed by atoms with Crippen molar-refractivity contribution in [2.24, 2.45) is 0 Å². The van der Waals surface area contributed by atoms with E-state index in [2.05, 4.69) is 76.3 Å². The minimum absolute atomic E-state index is 0.0321. The molecule has 0 radical (unpaired) electrons. The Bertz CT molecular complexity index is 1890. The van der Waals surface area contributed by atoms with Crippen molar-refractivity contribution in [1.29, 1.82) is 0 Å². The van der Waals surface area contributed by atoms with Crippen LogP contribution in [0, 0.1) is 0 Å². The lowest BCUT2D eigenvalue weighted by Gasteiger charge is -2.21. The maximum atomic E-state index is 12.9. The van der Waals surface area contributed by atoms with Crippen molar-refractivity contribution in [3.05, 3.63) is 85.1 Å². The molecule has 466 valence electrons. The van der Waals surface area contributed by atoms with Gasteiger partial charge >= 0.3 is 39.5 Å². The molecular formula is C62H106O17P2. The number of unbranched alkanes of at least 4 members (excludes halogenated alkanes) is 20. The quantitative estimate of drug-likeness (QED) is 0.00976. The first-order valence-electron chi connectivity index (χ1n) is 30.4. The number of phosphoric ester groups is 2. The Kier molecular flexibility index (Phi) is 52.9. The predicted molar refractivity (Wildman–Crippen MR) is 321 cm³/mol. The summed E-state index contributed by atoms with van der Waals surface area (Å²) in [5, 5.41) is 10.5. The molecule has 0 bridgehead atoms. The lowest BCUT2D eigenvalue weighted by atomic mass is 10.1. The van der Waals surface area contributed by atoms with E-state index >= 15 is 0 Å². The molecule has 0 spiro atoms. The largest absolute Gasteiger partial charge is 0.472 e. The van der Waals surface area contributed by atoms with Gasteiger partial charge < -0.3 is 33.8 Å². The Hall–Kier alpha value is -3.76. The summed E-state index contributed by atoms with van der Waals surface area (Å²) in [6, 6.07) is 0. The third kappa shape index (κ3) is 55.2. The number of ether oxygens (including phenoxy) is 4. The van der Waals surface area contributed by atoms with Crippen LogP contribution in [0.1, 0.15) is 227 Å². The fourth-order valence-electron chi connectivity index (χ4n) is 7.55. The molecule has 0 aromatic rings. The summed E-state index contributed by atoms with van der Waals surface area (Å²) < 4.78 is 67.3. The van der Waals surface area contributed by atoms with Gasteiger partial charge in [0.1, 0.15) is 19.3 Å². The Morgan fingerprint density at radius 3 is 1.30 bits per heavy atom. The molecule has 0 amide bonds. The molecule has 0 aromatic heterocycles. The van der Waals surface area contributed by atoms with Crippen molar-refractivity contribution in [3.63, 3.8) is 0 Å². The number of carbonyl (C=O) groups is 4. The van der Waals surface area contributed by atoms with Gasteiger partial charge in [0, 0.05) is 25.3 Å². The Morgan fingerprint density at radius 1 is 0.395 bits per heavy atom. The van der Waals surface area contributed by atoms with Crippen LogP contribution in [0.5, 0.6) is 0 Å². The summed E-state index contributed by atoms with van der Waals surface area (Å²) >= 11 is 0. The second-order valence-corrected chi connectivity index (χ2v) is 22.9. The van der Waals surface area contributed by atoms with E-state index in [0.717, 1.165) is 116 Å².